The number of hydrogen-bond acceptors (Lipinski definition) is 8. The summed E-state index contributed by atoms with van der Waals surface area (Å²) >= 11 is 0. The van der Waals surface area contributed by atoms with Crippen LogP contribution in [0.2, 0.25) is 0 Å². The molecule has 10 heteroatoms. The van der Waals surface area contributed by atoms with E-state index in [1.54, 1.807) is 54.6 Å². The van der Waals surface area contributed by atoms with Gasteiger partial charge in [-0.05, 0) is 29.7 Å². The number of aldehydes is 1. The van der Waals surface area contributed by atoms with Gasteiger partial charge in [0, 0.05) is 23.5 Å². The van der Waals surface area contributed by atoms with Gasteiger partial charge in [-0.2, -0.15) is 9.78 Å². The van der Waals surface area contributed by atoms with E-state index in [1.807, 2.05) is 12.1 Å². The molecule has 2 N–H and O–H groups in total. The van der Waals surface area contributed by atoms with Crippen LogP contribution in [0.15, 0.2) is 95.5 Å². The minimum atomic E-state index is -0.507. The number of carbonyl (C=O) groups is 2. The quantitative estimate of drug-likeness (QED) is 0.269. The van der Waals surface area contributed by atoms with Gasteiger partial charge < -0.3 is 10.4 Å². The number of hydrogen-bond donors (Lipinski definition) is 2. The molecule has 170 valence electrons. The van der Waals surface area contributed by atoms with Crippen LogP contribution in [0, 0.1) is 0 Å². The molecule has 5 aromatic rings. The van der Waals surface area contributed by atoms with Crippen LogP contribution in [-0.4, -0.2) is 37.0 Å². The summed E-state index contributed by atoms with van der Waals surface area (Å²) < 4.78 is 1.26. The lowest BCUT2D eigenvalue weighted by Crippen LogP contribution is -2.12. The van der Waals surface area contributed by atoms with Gasteiger partial charge in [0.2, 0.25) is 0 Å². The minimum absolute atomic E-state index is 0.0250. The van der Waals surface area contributed by atoms with Gasteiger partial charge in [-0.3, -0.25) is 9.59 Å². The molecule has 0 aliphatic rings. The zero-order valence-corrected chi connectivity index (χ0v) is 18.1. The third-order valence-electron chi connectivity index (χ3n) is 5.16. The number of phenolic OH excluding ortho intramolecular Hbond substituents is 1. The molecule has 0 bridgehead atoms. The number of amides is 1. The number of aromatic nitrogens is 4. The van der Waals surface area contributed by atoms with Crippen LogP contribution in [-0.2, 0) is 0 Å². The first-order chi connectivity index (χ1) is 17.2. The second kappa shape index (κ2) is 9.32. The van der Waals surface area contributed by atoms with Crippen LogP contribution >= 0.6 is 0 Å². The lowest BCUT2D eigenvalue weighted by Gasteiger charge is -2.11. The van der Waals surface area contributed by atoms with Gasteiger partial charge >= 0.3 is 0 Å². The van der Waals surface area contributed by atoms with Crippen LogP contribution in [0.3, 0.4) is 0 Å². The fraction of sp³-hybridized carbons (Fsp3) is 0. The van der Waals surface area contributed by atoms with Crippen molar-refractivity contribution in [3.8, 4) is 11.7 Å². The lowest BCUT2D eigenvalue weighted by atomic mass is 10.0. The van der Waals surface area contributed by atoms with E-state index < -0.39 is 5.91 Å². The Balaban J connectivity index is 1.61. The fourth-order valence-corrected chi connectivity index (χ4v) is 3.49. The summed E-state index contributed by atoms with van der Waals surface area (Å²) in [6.07, 6.45) is 4.96. The van der Waals surface area contributed by atoms with Crippen molar-refractivity contribution in [1.82, 2.24) is 19.7 Å². The molecule has 0 atom stereocenters. The van der Waals surface area contributed by atoms with Crippen molar-refractivity contribution in [3.05, 3.63) is 96.4 Å². The Morgan fingerprint density at radius 1 is 0.971 bits per heavy atom. The zero-order valence-electron chi connectivity index (χ0n) is 18.1. The van der Waals surface area contributed by atoms with Crippen LogP contribution in [0.5, 0.6) is 5.75 Å². The number of carbonyl (C=O) groups excluding carboxylic acids is 2. The zero-order chi connectivity index (χ0) is 24.2. The molecule has 0 radical (unpaired) electrons. The van der Waals surface area contributed by atoms with Gasteiger partial charge in [-0.15, -0.1) is 10.2 Å². The van der Waals surface area contributed by atoms with E-state index >= 15 is 0 Å². The molecule has 35 heavy (non-hydrogen) atoms. The molecular formula is C25H17N7O3. The van der Waals surface area contributed by atoms with Crippen molar-refractivity contribution in [1.29, 1.82) is 0 Å². The van der Waals surface area contributed by atoms with Gasteiger partial charge in [0.1, 0.15) is 5.69 Å². The maximum atomic E-state index is 13.0. The molecule has 10 nitrogen and oxygen atoms in total. The van der Waals surface area contributed by atoms with E-state index in [0.717, 1.165) is 0 Å². The number of azo groups is 1. The molecule has 0 saturated heterocycles. The third-order valence-corrected chi connectivity index (χ3v) is 5.16. The number of rotatable bonds is 6. The number of benzene rings is 3. The van der Waals surface area contributed by atoms with Gasteiger partial charge in [-0.25, -0.2) is 9.97 Å². The molecule has 2 heterocycles. The first-order valence-corrected chi connectivity index (χ1v) is 10.5. The molecule has 3 aromatic carbocycles. The monoisotopic (exact) mass is 463 g/mol. The van der Waals surface area contributed by atoms with E-state index in [9.17, 15) is 14.7 Å². The standard InChI is InChI=1S/C25H17N7O3/c33-15-17-14-28-32(25-26-11-6-12-27-25)23(17)31-30-21-19-10-5-4-7-16(19)13-20(22(21)34)24(35)29-18-8-2-1-3-9-18/h1-15,34H,(H,29,35). The van der Waals surface area contributed by atoms with Crippen LogP contribution < -0.4 is 5.32 Å². The Morgan fingerprint density at radius 2 is 1.71 bits per heavy atom. The number of aromatic hydroxyl groups is 1. The Kier molecular flexibility index (Phi) is 5.75. The van der Waals surface area contributed by atoms with Gasteiger partial charge in [0.25, 0.3) is 11.9 Å². The minimum Gasteiger partial charge on any atom is -0.505 e. The summed E-state index contributed by atoms with van der Waals surface area (Å²) in [7, 11) is 0. The van der Waals surface area contributed by atoms with Crippen molar-refractivity contribution in [2.75, 3.05) is 5.32 Å². The SMILES string of the molecule is O=Cc1cnn(-c2ncccn2)c1N=Nc1c(O)c(C(=O)Nc2ccccc2)cc2ccccc12. The largest absolute Gasteiger partial charge is 0.505 e. The maximum Gasteiger partial charge on any atom is 0.259 e. The lowest BCUT2D eigenvalue weighted by molar-refractivity contribution is 0.102. The van der Waals surface area contributed by atoms with Crippen molar-refractivity contribution in [3.63, 3.8) is 0 Å². The molecule has 0 saturated carbocycles. The molecule has 0 aliphatic heterocycles. The Bertz CT molecular complexity index is 1560. The number of fused-ring (bicyclic) bond motifs is 1. The third kappa shape index (κ3) is 4.23. The van der Waals surface area contributed by atoms with Crippen molar-refractivity contribution in [2.24, 2.45) is 10.2 Å². The van der Waals surface area contributed by atoms with Crippen molar-refractivity contribution < 1.29 is 14.7 Å². The highest BCUT2D eigenvalue weighted by atomic mass is 16.3. The predicted molar refractivity (Wildman–Crippen MR) is 129 cm³/mol. The molecule has 1 amide bonds. The molecule has 0 aliphatic carbocycles. The average molecular weight is 463 g/mol. The topological polar surface area (TPSA) is 135 Å². The number of anilines is 1. The summed E-state index contributed by atoms with van der Waals surface area (Å²) in [4.78, 5) is 32.8. The highest BCUT2D eigenvalue weighted by molar-refractivity contribution is 6.11. The Hall–Kier alpha value is -5.25. The predicted octanol–water partition coefficient (Wildman–Crippen LogP) is 5.00. The highest BCUT2D eigenvalue weighted by Crippen LogP contribution is 2.40. The molecule has 5 rings (SSSR count). The Labute approximate surface area is 198 Å². The summed E-state index contributed by atoms with van der Waals surface area (Å²) in [6, 6.07) is 19.3. The smallest absolute Gasteiger partial charge is 0.259 e. The number of phenols is 1. The first-order valence-electron chi connectivity index (χ1n) is 10.5. The first kappa shape index (κ1) is 21.6. The number of nitrogens with zero attached hydrogens (tertiary/aromatic N) is 6. The summed E-state index contributed by atoms with van der Waals surface area (Å²) in [5.74, 6) is -0.587. The van der Waals surface area contributed by atoms with Gasteiger partial charge in [-0.1, -0.05) is 42.5 Å². The highest BCUT2D eigenvalue weighted by Gasteiger charge is 2.19. The molecule has 2 aromatic heterocycles. The molecule has 0 spiro atoms. The van der Waals surface area contributed by atoms with Crippen molar-refractivity contribution in [2.45, 2.75) is 0 Å². The van der Waals surface area contributed by atoms with E-state index in [4.69, 9.17) is 0 Å². The summed E-state index contributed by atoms with van der Waals surface area (Å²) in [5, 5.41) is 27.6. The number of nitrogens with one attached hydrogen (secondary N) is 1. The van der Waals surface area contributed by atoms with E-state index in [2.05, 4.69) is 30.6 Å². The van der Waals surface area contributed by atoms with Gasteiger partial charge in [0.15, 0.2) is 17.9 Å². The van der Waals surface area contributed by atoms with Crippen LogP contribution in [0.25, 0.3) is 16.7 Å². The fourth-order valence-electron chi connectivity index (χ4n) is 3.49. The van der Waals surface area contributed by atoms with Crippen molar-refractivity contribution >= 4 is 40.2 Å². The van der Waals surface area contributed by atoms with Crippen LogP contribution in [0.1, 0.15) is 20.7 Å². The maximum absolute atomic E-state index is 13.0. The summed E-state index contributed by atoms with van der Waals surface area (Å²) in [6.45, 7) is 0. The normalized spacial score (nSPS) is 11.1. The van der Waals surface area contributed by atoms with Gasteiger partial charge in [0.05, 0.1) is 17.3 Å². The number of para-hydroxylation sites is 1. The Morgan fingerprint density at radius 3 is 2.49 bits per heavy atom. The van der Waals surface area contributed by atoms with E-state index in [-0.39, 0.29) is 34.3 Å². The average Bonchev–Trinajstić information content (AvgIpc) is 3.32. The molecule has 0 unspecified atom stereocenters. The second-order valence-corrected chi connectivity index (χ2v) is 7.36. The van der Waals surface area contributed by atoms with E-state index in [1.165, 1.54) is 23.3 Å². The molecular weight excluding hydrogens is 446 g/mol. The van der Waals surface area contributed by atoms with Crippen LogP contribution in [0.4, 0.5) is 17.2 Å². The van der Waals surface area contributed by atoms with E-state index in [0.29, 0.717) is 22.7 Å². The molecule has 0 fully saturated rings. The second-order valence-electron chi connectivity index (χ2n) is 7.36. The summed E-state index contributed by atoms with van der Waals surface area (Å²) in [5.41, 5.74) is 0.829.